The van der Waals surface area contributed by atoms with E-state index in [1.165, 1.54) is 24.3 Å². The summed E-state index contributed by atoms with van der Waals surface area (Å²) in [6.07, 6.45) is -9.00. The second kappa shape index (κ2) is 17.7. The van der Waals surface area contributed by atoms with Gasteiger partial charge in [-0.25, -0.2) is 9.97 Å². The minimum Gasteiger partial charge on any atom is -0.306 e. The number of alkyl halides is 6. The Bertz CT molecular complexity index is 4440. The van der Waals surface area contributed by atoms with Crippen LogP contribution in [0.15, 0.2) is 243 Å². The number of nitrogens with zero attached hydrogens (tertiary/aromatic N) is 6. The topological polar surface area (TPSA) is 42.1 Å². The van der Waals surface area contributed by atoms with Crippen molar-refractivity contribution in [2.75, 3.05) is 9.80 Å². The first-order chi connectivity index (χ1) is 39.0. The Balaban J connectivity index is 0.842. The fraction of sp³-hybridized carbons (Fsp3) is 0.0294. The van der Waals surface area contributed by atoms with Gasteiger partial charge in [-0.15, -0.1) is 0 Å². The molecule has 15 rings (SSSR count). The summed E-state index contributed by atoms with van der Waals surface area (Å²) in [6.45, 7) is 0. The van der Waals surface area contributed by atoms with Crippen LogP contribution in [0.4, 0.5) is 60.5 Å². The Morgan fingerprint density at radius 3 is 0.838 bits per heavy atom. The number of hydrogen-bond acceptors (Lipinski definition) is 4. The number of para-hydroxylation sites is 4. The first-order valence-corrected chi connectivity index (χ1v) is 26.0. The lowest BCUT2D eigenvalue weighted by atomic mass is 10.00. The largest absolute Gasteiger partial charge is 0.416 e. The molecule has 0 fully saturated rings. The van der Waals surface area contributed by atoms with Crippen LogP contribution in [-0.4, -0.2) is 19.1 Å². The second-order valence-electron chi connectivity index (χ2n) is 19.9. The fourth-order valence-electron chi connectivity index (χ4n) is 11.9. The van der Waals surface area contributed by atoms with Crippen molar-refractivity contribution in [1.29, 1.82) is 0 Å². The molecule has 80 heavy (non-hydrogen) atoms. The van der Waals surface area contributed by atoms with Crippen molar-refractivity contribution >= 4 is 99.3 Å². The highest BCUT2D eigenvalue weighted by Crippen LogP contribution is 2.54. The minimum atomic E-state index is -4.50. The van der Waals surface area contributed by atoms with Crippen molar-refractivity contribution in [3.8, 4) is 34.2 Å². The van der Waals surface area contributed by atoms with E-state index in [2.05, 4.69) is 82.6 Å². The summed E-state index contributed by atoms with van der Waals surface area (Å²) < 4.78 is 87.6. The number of hydrogen-bond donors (Lipinski definition) is 0. The molecule has 14 aromatic rings. The van der Waals surface area contributed by atoms with Crippen LogP contribution in [-0.2, 0) is 12.4 Å². The van der Waals surface area contributed by atoms with Crippen LogP contribution in [0.25, 0.3) is 99.3 Å². The summed E-state index contributed by atoms with van der Waals surface area (Å²) in [6, 6.07) is 75.4. The van der Waals surface area contributed by atoms with Gasteiger partial charge in [-0.05, 0) is 143 Å². The number of aromatic nitrogens is 4. The Morgan fingerprint density at radius 2 is 0.525 bits per heavy atom. The van der Waals surface area contributed by atoms with Crippen LogP contribution in [0.5, 0.6) is 0 Å². The molecule has 0 atom stereocenters. The second-order valence-corrected chi connectivity index (χ2v) is 19.9. The van der Waals surface area contributed by atoms with E-state index in [-0.39, 0.29) is 0 Å². The van der Waals surface area contributed by atoms with Crippen molar-refractivity contribution in [2.24, 2.45) is 0 Å². The average molecular weight is 1060 g/mol. The van der Waals surface area contributed by atoms with Crippen molar-refractivity contribution in [1.82, 2.24) is 19.1 Å². The van der Waals surface area contributed by atoms with Gasteiger partial charge in [0, 0.05) is 55.4 Å². The van der Waals surface area contributed by atoms with Crippen LogP contribution in [0.1, 0.15) is 11.1 Å². The van der Waals surface area contributed by atoms with Gasteiger partial charge in [-0.2, -0.15) is 26.3 Å². The molecule has 0 unspecified atom stereocenters. The maximum Gasteiger partial charge on any atom is 0.416 e. The summed E-state index contributed by atoms with van der Waals surface area (Å²) in [7, 11) is 0. The first kappa shape index (κ1) is 47.0. The first-order valence-electron chi connectivity index (χ1n) is 26.0. The summed E-state index contributed by atoms with van der Waals surface area (Å²) in [5, 5.41) is 7.81. The van der Waals surface area contributed by atoms with Gasteiger partial charge in [0.25, 0.3) is 0 Å². The maximum atomic E-state index is 13.9. The van der Waals surface area contributed by atoms with Gasteiger partial charge in [0.2, 0.25) is 0 Å². The van der Waals surface area contributed by atoms with Crippen LogP contribution in [0.3, 0.4) is 0 Å². The lowest BCUT2D eigenvalue weighted by Gasteiger charge is -2.40. The summed E-state index contributed by atoms with van der Waals surface area (Å²) >= 11 is 0. The van der Waals surface area contributed by atoms with E-state index in [0.29, 0.717) is 23.0 Å². The van der Waals surface area contributed by atoms with Gasteiger partial charge in [-0.1, -0.05) is 121 Å². The van der Waals surface area contributed by atoms with Crippen molar-refractivity contribution in [3.05, 3.63) is 254 Å². The molecule has 384 valence electrons. The van der Waals surface area contributed by atoms with Crippen molar-refractivity contribution in [3.63, 3.8) is 0 Å². The molecule has 2 aromatic heterocycles. The summed E-state index contributed by atoms with van der Waals surface area (Å²) in [5.74, 6) is 1.16. The van der Waals surface area contributed by atoms with Gasteiger partial charge in [-0.3, -0.25) is 9.13 Å². The van der Waals surface area contributed by atoms with E-state index in [0.717, 1.165) is 135 Å². The Morgan fingerprint density at radius 1 is 0.263 bits per heavy atom. The van der Waals surface area contributed by atoms with Gasteiger partial charge < -0.3 is 9.80 Å². The smallest absolute Gasteiger partial charge is 0.306 e. The Hall–Kier alpha value is -10.2. The quantitative estimate of drug-likeness (QED) is 0.123. The maximum absolute atomic E-state index is 13.9. The number of fused-ring (bicyclic) bond motifs is 14. The number of anilines is 6. The van der Waals surface area contributed by atoms with Crippen LogP contribution >= 0.6 is 0 Å². The average Bonchev–Trinajstić information content (AvgIpc) is 4.21. The zero-order valence-electron chi connectivity index (χ0n) is 42.0. The van der Waals surface area contributed by atoms with Crippen LogP contribution in [0, 0.1) is 0 Å². The molecule has 0 N–H and O–H groups in total. The number of halogens is 6. The number of rotatable bonds is 6. The number of benzene rings is 12. The molecule has 0 radical (unpaired) electrons. The lowest BCUT2D eigenvalue weighted by molar-refractivity contribution is -0.138. The van der Waals surface area contributed by atoms with Gasteiger partial charge in [0.1, 0.15) is 11.6 Å². The molecule has 0 amide bonds. The highest BCUT2D eigenvalue weighted by atomic mass is 19.4. The van der Waals surface area contributed by atoms with Crippen LogP contribution in [0.2, 0.25) is 0 Å². The SMILES string of the molecule is FC(F)(F)c1ccc(-n2c(-c3ccc(N4c5ccccc5N(c5ccc(-c6nc7c8ccccc8c8ccccc8c7n6-c6ccc(C(F)(F)F)cc6)cc5)c5ccccc54)cc3)nc3c4ccccc4c4ccccc4c32)cc1. The third-order valence-corrected chi connectivity index (χ3v) is 15.5. The molecule has 0 saturated heterocycles. The molecule has 3 heterocycles. The molecule has 12 aromatic carbocycles. The molecule has 0 spiro atoms. The van der Waals surface area contributed by atoms with E-state index < -0.39 is 23.5 Å². The van der Waals surface area contributed by atoms with Crippen molar-refractivity contribution in [2.45, 2.75) is 12.4 Å². The Kier molecular flexibility index (Phi) is 10.4. The molecule has 0 aliphatic carbocycles. The predicted octanol–water partition coefficient (Wildman–Crippen LogP) is 19.6. The van der Waals surface area contributed by atoms with E-state index in [9.17, 15) is 26.3 Å². The van der Waals surface area contributed by atoms with E-state index in [1.807, 2.05) is 130 Å². The van der Waals surface area contributed by atoms with E-state index in [1.54, 1.807) is 0 Å². The number of imidazole rings is 2. The summed E-state index contributed by atoms with van der Waals surface area (Å²) in [5.41, 5.74) is 9.66. The molecule has 0 saturated carbocycles. The molecule has 0 bridgehead atoms. The normalized spacial score (nSPS) is 12.8. The third-order valence-electron chi connectivity index (χ3n) is 15.5. The molecule has 1 aliphatic heterocycles. The zero-order valence-corrected chi connectivity index (χ0v) is 42.0. The van der Waals surface area contributed by atoms with E-state index >= 15 is 0 Å². The molecular weight excluding hydrogens is 1010 g/mol. The zero-order chi connectivity index (χ0) is 54.0. The molecule has 6 nitrogen and oxygen atoms in total. The summed E-state index contributed by atoms with van der Waals surface area (Å²) in [4.78, 5) is 15.1. The lowest BCUT2D eigenvalue weighted by Crippen LogP contribution is -2.23. The van der Waals surface area contributed by atoms with Crippen LogP contribution < -0.4 is 9.80 Å². The molecule has 1 aliphatic rings. The van der Waals surface area contributed by atoms with Gasteiger partial charge in [0.15, 0.2) is 0 Å². The highest BCUT2D eigenvalue weighted by Gasteiger charge is 2.34. The third kappa shape index (κ3) is 7.28. The van der Waals surface area contributed by atoms with E-state index in [4.69, 9.17) is 9.97 Å². The molecular formula is C68H40F6N6. The van der Waals surface area contributed by atoms with Gasteiger partial charge in [0.05, 0.1) is 55.9 Å². The molecule has 12 heteroatoms. The monoisotopic (exact) mass is 1050 g/mol. The fourth-order valence-corrected chi connectivity index (χ4v) is 11.9. The Labute approximate surface area is 452 Å². The van der Waals surface area contributed by atoms with Crippen molar-refractivity contribution < 1.29 is 26.3 Å². The standard InChI is InChI=1S/C68H40F6N6/c69-67(70,71)43-29-37-47(38-30-43)79-63-55-19-7-3-15-51(55)49-13-1-5-17-53(49)61(63)75-65(79)41-25-33-45(34-26-41)77-57-21-9-11-23-59(57)78(60-24-12-10-22-58(60)77)46-35-27-42(28-36-46)66-76-62-54-18-6-2-14-50(54)52-16-4-8-20-56(52)64(62)80(66)48-39-31-44(32-40-48)68(72,73)74/h1-40H. The highest BCUT2D eigenvalue weighted by molar-refractivity contribution is 6.25. The predicted molar refractivity (Wildman–Crippen MR) is 310 cm³/mol. The van der Waals surface area contributed by atoms with Gasteiger partial charge >= 0.3 is 12.4 Å². The minimum absolute atomic E-state index is 0.548.